The summed E-state index contributed by atoms with van der Waals surface area (Å²) in [7, 11) is 3.21. The molecule has 242 valence electrons. The number of alkyl halides is 3. The van der Waals surface area contributed by atoms with E-state index in [9.17, 15) is 18.0 Å². The highest BCUT2D eigenvalue weighted by atomic mass is 19.4. The number of methoxy groups -OCH3 is 2. The second-order valence-electron chi connectivity index (χ2n) is 11.7. The molecule has 0 spiro atoms. The van der Waals surface area contributed by atoms with Gasteiger partial charge in [0.05, 0.1) is 37.6 Å². The number of amides is 1. The average Bonchev–Trinajstić information content (AvgIpc) is 3.04. The van der Waals surface area contributed by atoms with Gasteiger partial charge in [-0.2, -0.15) is 13.2 Å². The molecule has 3 fully saturated rings. The molecule has 1 aromatic carbocycles. The first-order valence-electron chi connectivity index (χ1n) is 15.3. The first-order chi connectivity index (χ1) is 21.2. The Morgan fingerprint density at radius 3 is 2.50 bits per heavy atom. The van der Waals surface area contributed by atoms with Crippen LogP contribution < -0.4 is 15.4 Å². The number of hydrogen-bond acceptors (Lipinski definition) is 9. The fourth-order valence-corrected chi connectivity index (χ4v) is 6.29. The fourth-order valence-electron chi connectivity index (χ4n) is 6.29. The topological polar surface area (TPSA) is 107 Å². The van der Waals surface area contributed by atoms with E-state index in [4.69, 9.17) is 18.9 Å². The lowest BCUT2D eigenvalue weighted by Crippen LogP contribution is -2.54. The standard InChI is InChI=1S/C31H42F3N5O5/c1-19-27(35-17-23-5-4-6-25(44-23)20-7-9-21(10-8-20)31(32,33)34)29(42-3)38-37-28(19)30(40)39-14-11-22(12-15-39)36-24-13-16-43-18-26(24)41-2/h7-10,22-26,36H,4-6,11-18H2,1-3H3,(H,35,37)/t23-,24-,25+,26+/m1/s1. The molecule has 13 heteroatoms. The minimum atomic E-state index is -4.37. The molecule has 2 N–H and O–H groups in total. The van der Waals surface area contributed by atoms with Crippen LogP contribution in [-0.2, 0) is 20.4 Å². The molecule has 0 radical (unpaired) electrons. The second-order valence-corrected chi connectivity index (χ2v) is 11.7. The number of nitrogens with one attached hydrogen (secondary N) is 2. The second kappa shape index (κ2) is 14.4. The smallest absolute Gasteiger partial charge is 0.416 e. The predicted octanol–water partition coefficient (Wildman–Crippen LogP) is 4.53. The predicted molar refractivity (Wildman–Crippen MR) is 157 cm³/mol. The quantitative estimate of drug-likeness (QED) is 0.418. The molecule has 0 saturated carbocycles. The zero-order valence-electron chi connectivity index (χ0n) is 25.5. The van der Waals surface area contributed by atoms with E-state index in [2.05, 4.69) is 20.8 Å². The Morgan fingerprint density at radius 1 is 1.07 bits per heavy atom. The number of ether oxygens (including phenoxy) is 4. The van der Waals surface area contributed by atoms with Crippen molar-refractivity contribution in [1.82, 2.24) is 20.4 Å². The van der Waals surface area contributed by atoms with Gasteiger partial charge in [-0.1, -0.05) is 12.1 Å². The number of likely N-dealkylation sites (tertiary alicyclic amines) is 1. The van der Waals surface area contributed by atoms with E-state index < -0.39 is 11.7 Å². The van der Waals surface area contributed by atoms with Crippen LogP contribution in [0.5, 0.6) is 5.88 Å². The number of halogens is 3. The number of carbonyl (C=O) groups excluding carboxylic acids is 1. The van der Waals surface area contributed by atoms with Gasteiger partial charge in [-0.3, -0.25) is 4.79 Å². The summed E-state index contributed by atoms with van der Waals surface area (Å²) in [6, 6.07) is 5.70. The number of anilines is 1. The van der Waals surface area contributed by atoms with Crippen LogP contribution in [0.15, 0.2) is 24.3 Å². The Morgan fingerprint density at radius 2 is 1.82 bits per heavy atom. The van der Waals surface area contributed by atoms with Crippen molar-refractivity contribution in [3.63, 3.8) is 0 Å². The number of rotatable bonds is 9. The number of aromatic nitrogens is 2. The van der Waals surface area contributed by atoms with Gasteiger partial charge in [-0.25, -0.2) is 0 Å². The summed E-state index contributed by atoms with van der Waals surface area (Å²) in [5, 5.41) is 15.5. The van der Waals surface area contributed by atoms with Crippen LogP contribution in [0.4, 0.5) is 18.9 Å². The van der Waals surface area contributed by atoms with E-state index in [0.717, 1.165) is 56.2 Å². The zero-order valence-corrected chi connectivity index (χ0v) is 25.5. The summed E-state index contributed by atoms with van der Waals surface area (Å²) in [6.45, 7) is 4.75. The van der Waals surface area contributed by atoms with Gasteiger partial charge in [0.15, 0.2) is 5.69 Å². The molecular formula is C31H42F3N5O5. The highest BCUT2D eigenvalue weighted by molar-refractivity contribution is 5.95. The van der Waals surface area contributed by atoms with Gasteiger partial charge >= 0.3 is 6.18 Å². The maximum absolute atomic E-state index is 13.6. The van der Waals surface area contributed by atoms with Crippen LogP contribution in [0, 0.1) is 6.92 Å². The van der Waals surface area contributed by atoms with Gasteiger partial charge in [0, 0.05) is 51.0 Å². The van der Waals surface area contributed by atoms with Crippen molar-refractivity contribution in [3.8, 4) is 5.88 Å². The summed E-state index contributed by atoms with van der Waals surface area (Å²) in [5.74, 6) is 0.109. The molecule has 0 bridgehead atoms. The van der Waals surface area contributed by atoms with Gasteiger partial charge in [0.2, 0.25) is 0 Å². The number of nitrogens with zero attached hydrogens (tertiary/aromatic N) is 3. The Hall–Kier alpha value is -3.00. The molecule has 2 aromatic rings. The SMILES string of the molecule is COc1nnc(C(=O)N2CCC(N[C@@H]3CCOC[C@@H]3OC)CC2)c(C)c1NC[C@H]1CCC[C@@H](c2ccc(C(F)(F)F)cc2)O1. The van der Waals surface area contributed by atoms with Crippen LogP contribution in [0.3, 0.4) is 0 Å². The largest absolute Gasteiger partial charge is 0.478 e. The molecule has 4 atom stereocenters. The van der Waals surface area contributed by atoms with Crippen molar-refractivity contribution in [2.45, 2.75) is 82.0 Å². The summed E-state index contributed by atoms with van der Waals surface area (Å²) >= 11 is 0. The normalized spacial score (nSPS) is 25.1. The first-order valence-corrected chi connectivity index (χ1v) is 15.3. The highest BCUT2D eigenvalue weighted by Crippen LogP contribution is 2.35. The number of piperidine rings is 1. The van der Waals surface area contributed by atoms with E-state index in [0.29, 0.717) is 50.1 Å². The minimum Gasteiger partial charge on any atom is -0.478 e. The summed E-state index contributed by atoms with van der Waals surface area (Å²) in [6.07, 6.45) is 0.116. The monoisotopic (exact) mass is 621 g/mol. The Balaban J connectivity index is 1.18. The van der Waals surface area contributed by atoms with E-state index in [1.807, 2.05) is 11.8 Å². The molecule has 0 aliphatic carbocycles. The molecule has 1 amide bonds. The molecule has 44 heavy (non-hydrogen) atoms. The average molecular weight is 622 g/mol. The Bertz CT molecular complexity index is 1260. The molecular weight excluding hydrogens is 579 g/mol. The van der Waals surface area contributed by atoms with Crippen molar-refractivity contribution < 1.29 is 36.9 Å². The Kier molecular flexibility index (Phi) is 10.6. The van der Waals surface area contributed by atoms with Crippen LogP contribution in [0.25, 0.3) is 0 Å². The van der Waals surface area contributed by atoms with Crippen molar-refractivity contribution >= 4 is 11.6 Å². The number of benzene rings is 1. The minimum absolute atomic E-state index is 0.0289. The van der Waals surface area contributed by atoms with Gasteiger partial charge in [-0.05, 0) is 63.1 Å². The maximum Gasteiger partial charge on any atom is 0.416 e. The third-order valence-corrected chi connectivity index (χ3v) is 8.89. The van der Waals surface area contributed by atoms with Crippen molar-refractivity contribution in [1.29, 1.82) is 0 Å². The van der Waals surface area contributed by atoms with Gasteiger partial charge in [0.25, 0.3) is 11.8 Å². The van der Waals surface area contributed by atoms with Crippen LogP contribution in [-0.4, -0.2) is 92.4 Å². The summed E-state index contributed by atoms with van der Waals surface area (Å²) in [5.41, 5.74) is 1.54. The molecule has 1 aromatic heterocycles. The fraction of sp³-hybridized carbons (Fsp3) is 0.645. The zero-order chi connectivity index (χ0) is 31.3. The van der Waals surface area contributed by atoms with E-state index in [1.54, 1.807) is 7.11 Å². The van der Waals surface area contributed by atoms with E-state index in [-0.39, 0.29) is 41.8 Å². The summed E-state index contributed by atoms with van der Waals surface area (Å²) in [4.78, 5) is 15.4. The third-order valence-electron chi connectivity index (χ3n) is 8.89. The van der Waals surface area contributed by atoms with Gasteiger partial charge < -0.3 is 34.5 Å². The molecule has 0 unspecified atom stereocenters. The molecule has 3 aliphatic rings. The molecule has 3 aliphatic heterocycles. The molecule has 4 heterocycles. The lowest BCUT2D eigenvalue weighted by atomic mass is 9.97. The maximum atomic E-state index is 13.6. The van der Waals surface area contributed by atoms with Crippen molar-refractivity contribution in [2.24, 2.45) is 0 Å². The van der Waals surface area contributed by atoms with E-state index in [1.165, 1.54) is 19.2 Å². The van der Waals surface area contributed by atoms with Crippen molar-refractivity contribution in [3.05, 3.63) is 46.6 Å². The van der Waals surface area contributed by atoms with Crippen LogP contribution in [0.2, 0.25) is 0 Å². The van der Waals surface area contributed by atoms with Crippen LogP contribution in [0.1, 0.15) is 71.8 Å². The highest BCUT2D eigenvalue weighted by Gasteiger charge is 2.33. The first kappa shape index (κ1) is 32.4. The number of carbonyl (C=O) groups is 1. The lowest BCUT2D eigenvalue weighted by Gasteiger charge is -2.38. The molecule has 10 nitrogen and oxygen atoms in total. The van der Waals surface area contributed by atoms with E-state index >= 15 is 0 Å². The van der Waals surface area contributed by atoms with Gasteiger partial charge in [-0.15, -0.1) is 10.2 Å². The lowest BCUT2D eigenvalue weighted by molar-refractivity contribution is -0.137. The van der Waals surface area contributed by atoms with Crippen molar-refractivity contribution in [2.75, 3.05) is 52.4 Å². The van der Waals surface area contributed by atoms with Crippen LogP contribution >= 0.6 is 0 Å². The van der Waals surface area contributed by atoms with Gasteiger partial charge in [0.1, 0.15) is 5.69 Å². The Labute approximate surface area is 256 Å². The summed E-state index contributed by atoms with van der Waals surface area (Å²) < 4.78 is 61.8. The molecule has 3 saturated heterocycles. The molecule has 5 rings (SSSR count). The third kappa shape index (κ3) is 7.61. The number of hydrogen-bond donors (Lipinski definition) is 2.